The van der Waals surface area contributed by atoms with Crippen LogP contribution in [0.1, 0.15) is 48.9 Å². The number of likely N-dealkylation sites (N-methyl/N-ethyl adjacent to an activating group) is 1. The van der Waals surface area contributed by atoms with Gasteiger partial charge in [0, 0.05) is 17.6 Å². The molecule has 6 nitrogen and oxygen atoms in total. The van der Waals surface area contributed by atoms with Crippen molar-refractivity contribution in [2.45, 2.75) is 49.0 Å². The fraction of sp³-hybridized carbons (Fsp3) is 0.435. The third-order valence-electron chi connectivity index (χ3n) is 6.11. The van der Waals surface area contributed by atoms with Crippen molar-refractivity contribution < 1.29 is 17.6 Å². The maximum absolute atomic E-state index is 13.8. The van der Waals surface area contributed by atoms with Gasteiger partial charge in [-0.3, -0.25) is 9.52 Å². The van der Waals surface area contributed by atoms with Crippen molar-refractivity contribution in [1.29, 1.82) is 0 Å². The van der Waals surface area contributed by atoms with Crippen LogP contribution in [0.5, 0.6) is 0 Å². The number of amides is 1. The summed E-state index contributed by atoms with van der Waals surface area (Å²) in [6.07, 6.45) is 6.82. The fourth-order valence-corrected chi connectivity index (χ4v) is 5.12. The third kappa shape index (κ3) is 5.62. The Morgan fingerprint density at radius 3 is 2.19 bits per heavy atom. The lowest BCUT2D eigenvalue weighted by atomic mass is 9.88. The molecule has 8 heteroatoms. The summed E-state index contributed by atoms with van der Waals surface area (Å²) in [6, 6.07) is 11.2. The summed E-state index contributed by atoms with van der Waals surface area (Å²) in [7, 11) is 0.149. The highest BCUT2D eigenvalue weighted by Gasteiger charge is 2.33. The van der Waals surface area contributed by atoms with Gasteiger partial charge in [0.2, 0.25) is 0 Å². The predicted octanol–water partition coefficient (Wildman–Crippen LogP) is 4.01. The van der Waals surface area contributed by atoms with Gasteiger partial charge in [-0.25, -0.2) is 12.8 Å². The zero-order valence-electron chi connectivity index (χ0n) is 18.0. The molecule has 1 saturated carbocycles. The van der Waals surface area contributed by atoms with Crippen LogP contribution in [-0.2, 0) is 10.0 Å². The fourth-order valence-electron chi connectivity index (χ4n) is 4.05. The molecule has 0 heterocycles. The second-order valence-corrected chi connectivity index (χ2v) is 10.0. The Morgan fingerprint density at radius 1 is 1.00 bits per heavy atom. The lowest BCUT2D eigenvalue weighted by Gasteiger charge is -2.39. The van der Waals surface area contributed by atoms with E-state index in [1.165, 1.54) is 55.3 Å². The minimum absolute atomic E-state index is 0.0409. The molecule has 0 atom stereocenters. The number of benzene rings is 2. The first-order chi connectivity index (χ1) is 14.7. The quantitative estimate of drug-likeness (QED) is 0.629. The number of halogens is 1. The predicted molar refractivity (Wildman–Crippen MR) is 120 cm³/mol. The van der Waals surface area contributed by atoms with Crippen molar-refractivity contribution in [2.24, 2.45) is 0 Å². The molecule has 0 aliphatic heterocycles. The van der Waals surface area contributed by atoms with Crippen molar-refractivity contribution in [3.8, 4) is 0 Å². The van der Waals surface area contributed by atoms with E-state index in [0.717, 1.165) is 25.7 Å². The van der Waals surface area contributed by atoms with E-state index in [4.69, 9.17) is 0 Å². The molecule has 1 amide bonds. The van der Waals surface area contributed by atoms with Gasteiger partial charge in [0.25, 0.3) is 15.9 Å². The van der Waals surface area contributed by atoms with Gasteiger partial charge in [0.05, 0.1) is 10.6 Å². The summed E-state index contributed by atoms with van der Waals surface area (Å²) in [5, 5.41) is 3.03. The van der Waals surface area contributed by atoms with Crippen LogP contribution in [0.3, 0.4) is 0 Å². The molecule has 2 N–H and O–H groups in total. The first-order valence-electron chi connectivity index (χ1n) is 10.6. The third-order valence-corrected chi connectivity index (χ3v) is 7.49. The van der Waals surface area contributed by atoms with Crippen molar-refractivity contribution in [3.05, 3.63) is 59.9 Å². The molecule has 2 aromatic rings. The Labute approximate surface area is 183 Å². The second kappa shape index (κ2) is 9.78. The lowest BCUT2D eigenvalue weighted by Crippen LogP contribution is -2.52. The molecule has 0 spiro atoms. The van der Waals surface area contributed by atoms with Gasteiger partial charge in [0.15, 0.2) is 0 Å². The first-order valence-corrected chi connectivity index (χ1v) is 12.0. The van der Waals surface area contributed by atoms with Gasteiger partial charge in [-0.15, -0.1) is 0 Å². The molecule has 0 saturated heterocycles. The topological polar surface area (TPSA) is 78.5 Å². The Hall–Kier alpha value is -2.45. The standard InChI is InChI=1S/C23H30FN3O3S/c1-27(2)23(15-7-3-4-8-16-23)17-25-22(28)18-11-13-19(14-12-18)31(29,30)26-21-10-6-5-9-20(21)24/h5-6,9-14,26H,3-4,7-8,15-17H2,1-2H3,(H,25,28). The number of hydrogen-bond donors (Lipinski definition) is 2. The summed E-state index contributed by atoms with van der Waals surface area (Å²) in [6.45, 7) is 0.549. The first kappa shape index (κ1) is 23.2. The highest BCUT2D eigenvalue weighted by molar-refractivity contribution is 7.92. The molecule has 1 aliphatic carbocycles. The number of para-hydroxylation sites is 1. The van der Waals surface area contributed by atoms with E-state index < -0.39 is 15.8 Å². The van der Waals surface area contributed by atoms with Crippen LogP contribution >= 0.6 is 0 Å². The molecule has 0 radical (unpaired) electrons. The van der Waals surface area contributed by atoms with E-state index >= 15 is 0 Å². The zero-order chi connectivity index (χ0) is 22.5. The van der Waals surface area contributed by atoms with E-state index in [2.05, 4.69) is 29.0 Å². The monoisotopic (exact) mass is 447 g/mol. The number of nitrogens with zero attached hydrogens (tertiary/aromatic N) is 1. The highest BCUT2D eigenvalue weighted by Crippen LogP contribution is 2.30. The minimum atomic E-state index is -3.96. The summed E-state index contributed by atoms with van der Waals surface area (Å²) in [5.41, 5.74) is 0.202. The molecular weight excluding hydrogens is 417 g/mol. The Kier molecular flexibility index (Phi) is 7.33. The molecule has 2 aromatic carbocycles. The molecular formula is C23H30FN3O3S. The number of rotatable bonds is 7. The van der Waals surface area contributed by atoms with Gasteiger partial charge in [0.1, 0.15) is 5.82 Å². The number of nitrogens with one attached hydrogen (secondary N) is 2. The number of sulfonamides is 1. The number of carbonyl (C=O) groups is 1. The van der Waals surface area contributed by atoms with E-state index in [-0.39, 0.29) is 22.0 Å². The largest absolute Gasteiger partial charge is 0.350 e. The van der Waals surface area contributed by atoms with Crippen LogP contribution in [-0.4, -0.2) is 45.4 Å². The second-order valence-electron chi connectivity index (χ2n) is 8.33. The van der Waals surface area contributed by atoms with Crippen molar-refractivity contribution >= 4 is 21.6 Å². The molecule has 1 fully saturated rings. The lowest BCUT2D eigenvalue weighted by molar-refractivity contribution is 0.0869. The van der Waals surface area contributed by atoms with Crippen molar-refractivity contribution in [3.63, 3.8) is 0 Å². The smallest absolute Gasteiger partial charge is 0.261 e. The number of anilines is 1. The molecule has 1 aliphatic rings. The van der Waals surface area contributed by atoms with Crippen molar-refractivity contribution in [2.75, 3.05) is 25.4 Å². The number of carbonyl (C=O) groups excluding carboxylic acids is 1. The SMILES string of the molecule is CN(C)C1(CNC(=O)c2ccc(S(=O)(=O)Nc3ccccc3F)cc2)CCCCCC1. The van der Waals surface area contributed by atoms with Crippen molar-refractivity contribution in [1.82, 2.24) is 10.2 Å². The summed E-state index contributed by atoms with van der Waals surface area (Å²) >= 11 is 0. The summed E-state index contributed by atoms with van der Waals surface area (Å²) in [5.74, 6) is -0.896. The molecule has 31 heavy (non-hydrogen) atoms. The highest BCUT2D eigenvalue weighted by atomic mass is 32.2. The van der Waals surface area contributed by atoms with Crippen LogP contribution in [0.2, 0.25) is 0 Å². The van der Waals surface area contributed by atoms with E-state index in [1.807, 2.05) is 0 Å². The maximum Gasteiger partial charge on any atom is 0.261 e. The van der Waals surface area contributed by atoms with Gasteiger partial charge in [-0.1, -0.05) is 37.8 Å². The summed E-state index contributed by atoms with van der Waals surface area (Å²) < 4.78 is 41.1. The Balaban J connectivity index is 1.67. The van der Waals surface area contributed by atoms with Crippen LogP contribution in [0.4, 0.5) is 10.1 Å². The van der Waals surface area contributed by atoms with Gasteiger partial charge < -0.3 is 10.2 Å². The Morgan fingerprint density at radius 2 is 1.61 bits per heavy atom. The van der Waals surface area contributed by atoms with E-state index in [1.54, 1.807) is 6.07 Å². The molecule has 0 unspecified atom stereocenters. The van der Waals surface area contributed by atoms with E-state index in [0.29, 0.717) is 12.1 Å². The summed E-state index contributed by atoms with van der Waals surface area (Å²) in [4.78, 5) is 14.9. The van der Waals surface area contributed by atoms with Crippen LogP contribution < -0.4 is 10.0 Å². The van der Waals surface area contributed by atoms with Crippen LogP contribution in [0.25, 0.3) is 0 Å². The molecule has 0 bridgehead atoms. The average Bonchev–Trinajstić information content (AvgIpc) is 3.00. The zero-order valence-corrected chi connectivity index (χ0v) is 18.8. The number of hydrogen-bond acceptors (Lipinski definition) is 4. The van der Waals surface area contributed by atoms with Crippen LogP contribution in [0, 0.1) is 5.82 Å². The van der Waals surface area contributed by atoms with Gasteiger partial charge in [-0.05, 0) is 63.3 Å². The molecule has 0 aromatic heterocycles. The minimum Gasteiger partial charge on any atom is -0.350 e. The average molecular weight is 448 g/mol. The van der Waals surface area contributed by atoms with Crippen LogP contribution in [0.15, 0.2) is 53.4 Å². The van der Waals surface area contributed by atoms with Gasteiger partial charge >= 0.3 is 0 Å². The Bertz CT molecular complexity index is 999. The molecule has 3 rings (SSSR count). The molecule has 168 valence electrons. The van der Waals surface area contributed by atoms with E-state index in [9.17, 15) is 17.6 Å². The van der Waals surface area contributed by atoms with Gasteiger partial charge in [-0.2, -0.15) is 0 Å². The maximum atomic E-state index is 13.8. The normalized spacial score (nSPS) is 16.5.